The van der Waals surface area contributed by atoms with Crippen molar-refractivity contribution in [3.05, 3.63) is 0 Å². The zero-order valence-corrected chi connectivity index (χ0v) is 12.3. The molecule has 0 bridgehead atoms. The third kappa shape index (κ3) is 2.93. The average Bonchev–Trinajstić information content (AvgIpc) is 2.75. The molecular formula is C12H22N2O4S. The Labute approximate surface area is 114 Å². The third-order valence-electron chi connectivity index (χ3n) is 4.09. The first-order chi connectivity index (χ1) is 8.82. The molecule has 0 amide bonds. The van der Waals surface area contributed by atoms with Crippen LogP contribution in [0.4, 0.5) is 0 Å². The lowest BCUT2D eigenvalue weighted by Crippen LogP contribution is -2.51. The van der Waals surface area contributed by atoms with Gasteiger partial charge in [-0.15, -0.1) is 0 Å². The van der Waals surface area contributed by atoms with Gasteiger partial charge in [-0.3, -0.25) is 4.79 Å². The van der Waals surface area contributed by atoms with E-state index in [-0.39, 0.29) is 18.5 Å². The second kappa shape index (κ2) is 5.38. The van der Waals surface area contributed by atoms with Crippen LogP contribution in [0.1, 0.15) is 33.1 Å². The van der Waals surface area contributed by atoms with Crippen molar-refractivity contribution in [1.82, 2.24) is 8.61 Å². The fourth-order valence-corrected chi connectivity index (χ4v) is 5.10. The number of hydrogen-bond donors (Lipinski definition) is 1. The van der Waals surface area contributed by atoms with Gasteiger partial charge in [-0.05, 0) is 32.1 Å². The summed E-state index contributed by atoms with van der Waals surface area (Å²) in [6, 6.07) is 0.0190. The molecule has 6 nitrogen and oxygen atoms in total. The van der Waals surface area contributed by atoms with Gasteiger partial charge >= 0.3 is 5.97 Å². The molecule has 0 saturated carbocycles. The molecule has 1 N–H and O–H groups in total. The van der Waals surface area contributed by atoms with E-state index in [1.807, 2.05) is 13.8 Å². The topological polar surface area (TPSA) is 77.9 Å². The molecule has 2 heterocycles. The minimum absolute atomic E-state index is 0.0190. The Bertz CT molecular complexity index is 451. The smallest absolute Gasteiger partial charge is 0.307 e. The van der Waals surface area contributed by atoms with Crippen molar-refractivity contribution < 1.29 is 18.3 Å². The molecule has 110 valence electrons. The lowest BCUT2D eigenvalue weighted by Gasteiger charge is -2.36. The number of carboxylic acids is 1. The molecule has 0 aliphatic carbocycles. The standard InChI is InChI=1S/C12H22N2O4S/c1-9-6-11(12(15)16)8-13(7-9)19(17,18)14-5-3-4-10(14)2/h9-11H,3-8H2,1-2H3,(H,15,16). The predicted octanol–water partition coefficient (Wildman–Crippen LogP) is 0.758. The summed E-state index contributed by atoms with van der Waals surface area (Å²) in [5.74, 6) is -1.40. The van der Waals surface area contributed by atoms with Crippen molar-refractivity contribution in [1.29, 1.82) is 0 Å². The van der Waals surface area contributed by atoms with Crippen LogP contribution in [0.5, 0.6) is 0 Å². The first-order valence-electron chi connectivity index (χ1n) is 6.82. The zero-order valence-electron chi connectivity index (χ0n) is 11.4. The van der Waals surface area contributed by atoms with Gasteiger partial charge in [0.1, 0.15) is 0 Å². The van der Waals surface area contributed by atoms with E-state index in [9.17, 15) is 13.2 Å². The molecule has 2 saturated heterocycles. The summed E-state index contributed by atoms with van der Waals surface area (Å²) in [7, 11) is -3.51. The van der Waals surface area contributed by atoms with Gasteiger partial charge in [0.2, 0.25) is 0 Å². The Morgan fingerprint density at radius 2 is 1.95 bits per heavy atom. The van der Waals surface area contributed by atoms with E-state index in [1.165, 1.54) is 8.61 Å². The van der Waals surface area contributed by atoms with Crippen LogP contribution in [0.25, 0.3) is 0 Å². The van der Waals surface area contributed by atoms with Crippen LogP contribution in [0.2, 0.25) is 0 Å². The van der Waals surface area contributed by atoms with E-state index >= 15 is 0 Å². The molecule has 0 aromatic rings. The van der Waals surface area contributed by atoms with Crippen molar-refractivity contribution in [2.24, 2.45) is 11.8 Å². The van der Waals surface area contributed by atoms with Gasteiger partial charge in [0.25, 0.3) is 10.2 Å². The highest BCUT2D eigenvalue weighted by atomic mass is 32.2. The van der Waals surface area contributed by atoms with Gasteiger partial charge in [0.05, 0.1) is 5.92 Å². The number of carboxylic acid groups (broad SMARTS) is 1. The molecule has 0 aromatic carbocycles. The Kier molecular flexibility index (Phi) is 4.17. The maximum absolute atomic E-state index is 12.6. The first-order valence-corrected chi connectivity index (χ1v) is 8.21. The van der Waals surface area contributed by atoms with Gasteiger partial charge < -0.3 is 5.11 Å². The lowest BCUT2D eigenvalue weighted by atomic mass is 9.92. The van der Waals surface area contributed by atoms with E-state index < -0.39 is 22.1 Å². The normalized spacial score (nSPS) is 34.5. The SMILES string of the molecule is CC1CC(C(=O)O)CN(S(=O)(=O)N2CCCC2C)C1. The van der Waals surface area contributed by atoms with Crippen LogP contribution in [0, 0.1) is 11.8 Å². The monoisotopic (exact) mass is 290 g/mol. The summed E-state index contributed by atoms with van der Waals surface area (Å²) in [6.07, 6.45) is 2.31. The Morgan fingerprint density at radius 3 is 2.47 bits per heavy atom. The summed E-state index contributed by atoms with van der Waals surface area (Å²) < 4.78 is 28.0. The number of rotatable bonds is 3. The molecule has 3 atom stereocenters. The van der Waals surface area contributed by atoms with Crippen LogP contribution < -0.4 is 0 Å². The number of nitrogens with zero attached hydrogens (tertiary/aromatic N) is 2. The fourth-order valence-electron chi connectivity index (χ4n) is 3.07. The van der Waals surface area contributed by atoms with E-state index in [1.54, 1.807) is 0 Å². The van der Waals surface area contributed by atoms with Crippen LogP contribution >= 0.6 is 0 Å². The largest absolute Gasteiger partial charge is 0.481 e. The molecule has 0 spiro atoms. The predicted molar refractivity (Wildman–Crippen MR) is 70.8 cm³/mol. The Balaban J connectivity index is 2.17. The zero-order chi connectivity index (χ0) is 14.2. The van der Waals surface area contributed by atoms with Crippen LogP contribution in [-0.4, -0.2) is 53.8 Å². The average molecular weight is 290 g/mol. The number of aliphatic carboxylic acids is 1. The fraction of sp³-hybridized carbons (Fsp3) is 0.917. The number of hydrogen-bond acceptors (Lipinski definition) is 3. The van der Waals surface area contributed by atoms with Crippen molar-refractivity contribution in [2.45, 2.75) is 39.2 Å². The van der Waals surface area contributed by atoms with Crippen LogP contribution in [0.15, 0.2) is 0 Å². The highest BCUT2D eigenvalue weighted by Gasteiger charge is 2.41. The van der Waals surface area contributed by atoms with Gasteiger partial charge in [-0.1, -0.05) is 6.92 Å². The Hall–Kier alpha value is -0.660. The molecule has 2 fully saturated rings. The lowest BCUT2D eigenvalue weighted by molar-refractivity contribution is -0.143. The van der Waals surface area contributed by atoms with Crippen molar-refractivity contribution in [3.63, 3.8) is 0 Å². The third-order valence-corrected chi connectivity index (χ3v) is 6.18. The molecule has 19 heavy (non-hydrogen) atoms. The second-order valence-corrected chi connectivity index (χ2v) is 7.68. The minimum Gasteiger partial charge on any atom is -0.481 e. The summed E-state index contributed by atoms with van der Waals surface area (Å²) in [5, 5.41) is 9.12. The first kappa shape index (κ1) is 14.7. The quantitative estimate of drug-likeness (QED) is 0.832. The molecule has 2 aliphatic rings. The van der Waals surface area contributed by atoms with Gasteiger partial charge in [-0.2, -0.15) is 17.0 Å². The Morgan fingerprint density at radius 1 is 1.26 bits per heavy atom. The van der Waals surface area contributed by atoms with Crippen LogP contribution in [0.3, 0.4) is 0 Å². The molecule has 2 rings (SSSR count). The molecule has 2 aliphatic heterocycles. The minimum atomic E-state index is -3.51. The highest BCUT2D eigenvalue weighted by Crippen LogP contribution is 2.28. The molecule has 7 heteroatoms. The summed E-state index contributed by atoms with van der Waals surface area (Å²) in [5.41, 5.74) is 0. The van der Waals surface area contributed by atoms with Gasteiger partial charge in [0, 0.05) is 25.7 Å². The van der Waals surface area contributed by atoms with Crippen molar-refractivity contribution in [3.8, 4) is 0 Å². The van der Waals surface area contributed by atoms with Crippen molar-refractivity contribution >= 4 is 16.2 Å². The van der Waals surface area contributed by atoms with Crippen molar-refractivity contribution in [2.75, 3.05) is 19.6 Å². The molecule has 0 radical (unpaired) electrons. The maximum Gasteiger partial charge on any atom is 0.307 e. The number of carbonyl (C=O) groups is 1. The summed E-state index contributed by atoms with van der Waals surface area (Å²) >= 11 is 0. The van der Waals surface area contributed by atoms with E-state index in [0.717, 1.165) is 12.8 Å². The van der Waals surface area contributed by atoms with Gasteiger partial charge in [0.15, 0.2) is 0 Å². The molecule has 0 aromatic heterocycles. The molecule has 3 unspecified atom stereocenters. The van der Waals surface area contributed by atoms with Gasteiger partial charge in [-0.25, -0.2) is 0 Å². The van der Waals surface area contributed by atoms with E-state index in [0.29, 0.717) is 19.5 Å². The van der Waals surface area contributed by atoms with Crippen LogP contribution in [-0.2, 0) is 15.0 Å². The second-order valence-electron chi connectivity index (χ2n) is 5.80. The highest BCUT2D eigenvalue weighted by molar-refractivity contribution is 7.86. The summed E-state index contributed by atoms with van der Waals surface area (Å²) in [6.45, 7) is 4.89. The van der Waals surface area contributed by atoms with E-state index in [2.05, 4.69) is 0 Å². The number of piperidine rings is 1. The maximum atomic E-state index is 12.6. The van der Waals surface area contributed by atoms with E-state index in [4.69, 9.17) is 5.11 Å². The summed E-state index contributed by atoms with van der Waals surface area (Å²) in [4.78, 5) is 11.1. The molecular weight excluding hydrogens is 268 g/mol.